The molecule has 1 spiro atoms. The number of benzene rings is 4. The molecule has 0 aliphatic carbocycles. The second-order valence-electron chi connectivity index (χ2n) is 13.4. The average Bonchev–Trinajstić information content (AvgIpc) is 3.73. The van der Waals surface area contributed by atoms with Crippen LogP contribution in [-0.2, 0) is 11.0 Å². The first kappa shape index (κ1) is 20.8. The number of fused-ring (bicyclic) bond motifs is 7. The highest BCUT2D eigenvalue weighted by Crippen LogP contribution is 2.62. The molecule has 3 aromatic heterocycles. The number of aromatic nitrogens is 3. The van der Waals surface area contributed by atoms with Crippen LogP contribution in [0, 0.1) is 0 Å². The van der Waals surface area contributed by atoms with Crippen LogP contribution >= 0.6 is 0 Å². The molecule has 12 rings (SSSR count). The molecule has 2 unspecified atom stereocenters. The van der Waals surface area contributed by atoms with E-state index in [1.807, 2.05) is 0 Å². The van der Waals surface area contributed by atoms with E-state index in [1.165, 1.54) is 83.1 Å². The quantitative estimate of drug-likeness (QED) is 0.198. The first-order chi connectivity index (χ1) is 20.5. The number of rotatable bonds is 0. The Labute approximate surface area is 241 Å². The van der Waals surface area contributed by atoms with Crippen molar-refractivity contribution in [3.8, 4) is 11.5 Å². The molecule has 5 aliphatic rings. The SMILES string of the molecule is CN1C=CN2c3ccc4c5ccccc5n5c4c3C3(c4c-5ccc5c6cccc7c6n(c45)-c4c(ccc[n+]43)C7(C)C)C12. The molecular weight excluding hydrogens is 514 g/mol. The molecule has 0 saturated heterocycles. The van der Waals surface area contributed by atoms with E-state index in [-0.39, 0.29) is 11.6 Å². The van der Waals surface area contributed by atoms with Crippen LogP contribution in [0.1, 0.15) is 36.1 Å². The number of pyridine rings is 1. The van der Waals surface area contributed by atoms with Crippen LogP contribution in [-0.4, -0.2) is 27.2 Å². The van der Waals surface area contributed by atoms with Gasteiger partial charge in [-0.25, -0.2) is 4.57 Å². The zero-order valence-electron chi connectivity index (χ0n) is 23.6. The maximum Gasteiger partial charge on any atom is 0.292 e. The van der Waals surface area contributed by atoms with Gasteiger partial charge in [-0.15, -0.1) is 0 Å². The minimum Gasteiger partial charge on any atom is -0.354 e. The van der Waals surface area contributed by atoms with Crippen molar-refractivity contribution in [2.75, 3.05) is 11.9 Å². The largest absolute Gasteiger partial charge is 0.354 e. The van der Waals surface area contributed by atoms with Crippen LogP contribution in [0.4, 0.5) is 5.69 Å². The van der Waals surface area contributed by atoms with Gasteiger partial charge in [0, 0.05) is 52.0 Å². The van der Waals surface area contributed by atoms with Gasteiger partial charge in [-0.1, -0.05) is 50.2 Å². The fourth-order valence-corrected chi connectivity index (χ4v) is 9.95. The highest BCUT2D eigenvalue weighted by Gasteiger charge is 2.67. The van der Waals surface area contributed by atoms with Gasteiger partial charge >= 0.3 is 0 Å². The molecule has 4 aromatic carbocycles. The highest BCUT2D eigenvalue weighted by atomic mass is 15.5. The molecule has 8 heterocycles. The maximum absolute atomic E-state index is 2.68. The topological polar surface area (TPSA) is 20.2 Å². The number of hydrogen-bond donors (Lipinski definition) is 0. The summed E-state index contributed by atoms with van der Waals surface area (Å²) >= 11 is 0. The third-order valence-corrected chi connectivity index (χ3v) is 11.4. The minimum absolute atomic E-state index is 0.0852. The summed E-state index contributed by atoms with van der Waals surface area (Å²) < 4.78 is 7.89. The summed E-state index contributed by atoms with van der Waals surface area (Å²) in [5.74, 6) is 1.32. The Morgan fingerprint density at radius 3 is 2.26 bits per heavy atom. The van der Waals surface area contributed by atoms with Crippen LogP contribution < -0.4 is 9.47 Å². The standard InChI is InChI=1S/C37H26N5/c1-36(2)24-10-6-9-21-23-14-16-28-30-33(23)42(31(21)24)34-25(36)11-7-17-40(34)37(30)29-27(39-19-18-38(3)35(37)39)15-13-22-20-8-4-5-12-26(20)41(28)32(22)29/h4-19,35H,1-3H3/q+1. The van der Waals surface area contributed by atoms with Crippen LogP contribution in [0.15, 0.2) is 97.5 Å². The lowest BCUT2D eigenvalue weighted by Crippen LogP contribution is -2.70. The van der Waals surface area contributed by atoms with Crippen molar-refractivity contribution in [1.82, 2.24) is 14.0 Å². The Balaban J connectivity index is 1.47. The molecule has 5 nitrogen and oxygen atoms in total. The predicted molar refractivity (Wildman–Crippen MR) is 167 cm³/mol. The Bertz CT molecular complexity index is 2540. The molecule has 2 atom stereocenters. The van der Waals surface area contributed by atoms with E-state index in [9.17, 15) is 0 Å². The number of hydrogen-bond acceptors (Lipinski definition) is 2. The van der Waals surface area contributed by atoms with Gasteiger partial charge in [-0.3, -0.25) is 0 Å². The summed E-state index contributed by atoms with van der Waals surface area (Å²) in [5.41, 5.74) is 13.0. The van der Waals surface area contributed by atoms with Gasteiger partial charge in [-0.05, 0) is 42.5 Å². The average molecular weight is 541 g/mol. The van der Waals surface area contributed by atoms with Crippen molar-refractivity contribution in [1.29, 1.82) is 0 Å². The fourth-order valence-electron chi connectivity index (χ4n) is 9.95. The van der Waals surface area contributed by atoms with Crippen molar-refractivity contribution >= 4 is 49.3 Å². The lowest BCUT2D eigenvalue weighted by Gasteiger charge is -2.45. The van der Waals surface area contributed by atoms with E-state index in [0.717, 1.165) is 0 Å². The molecule has 5 aliphatic heterocycles. The molecule has 5 heteroatoms. The first-order valence-electron chi connectivity index (χ1n) is 15.0. The van der Waals surface area contributed by atoms with Crippen molar-refractivity contribution < 1.29 is 4.57 Å². The van der Waals surface area contributed by atoms with E-state index >= 15 is 0 Å². The van der Waals surface area contributed by atoms with E-state index in [0.29, 0.717) is 0 Å². The molecule has 7 aromatic rings. The lowest BCUT2D eigenvalue weighted by molar-refractivity contribution is -0.743. The van der Waals surface area contributed by atoms with Crippen molar-refractivity contribution in [3.63, 3.8) is 0 Å². The van der Waals surface area contributed by atoms with E-state index in [2.05, 4.69) is 142 Å². The number of anilines is 1. The van der Waals surface area contributed by atoms with E-state index in [4.69, 9.17) is 0 Å². The predicted octanol–water partition coefficient (Wildman–Crippen LogP) is 6.79. The van der Waals surface area contributed by atoms with Crippen LogP contribution in [0.2, 0.25) is 0 Å². The number of likely N-dealkylation sites (N-methyl/N-ethyl adjacent to an activating group) is 1. The zero-order chi connectivity index (χ0) is 27.4. The second-order valence-corrected chi connectivity index (χ2v) is 13.4. The molecule has 42 heavy (non-hydrogen) atoms. The van der Waals surface area contributed by atoms with Gasteiger partial charge in [0.25, 0.3) is 5.82 Å². The number of nitrogens with zero attached hydrogens (tertiary/aromatic N) is 5. The second kappa shape index (κ2) is 5.95. The smallest absolute Gasteiger partial charge is 0.292 e. The molecule has 0 bridgehead atoms. The summed E-state index contributed by atoms with van der Waals surface area (Å²) in [7, 11) is 2.26. The Hall–Kier alpha value is -5.03. The summed E-state index contributed by atoms with van der Waals surface area (Å²) in [5, 5.41) is 5.36. The Morgan fingerprint density at radius 1 is 0.643 bits per heavy atom. The molecular formula is C37H26N5+. The maximum atomic E-state index is 2.68. The van der Waals surface area contributed by atoms with Crippen molar-refractivity contribution in [2.24, 2.45) is 0 Å². The molecule has 0 amide bonds. The van der Waals surface area contributed by atoms with Gasteiger partial charge in [0.2, 0.25) is 5.54 Å². The normalized spacial score (nSPS) is 22.5. The van der Waals surface area contributed by atoms with Gasteiger partial charge in [0.05, 0.1) is 45.3 Å². The van der Waals surface area contributed by atoms with Crippen molar-refractivity contribution in [3.05, 3.63) is 120 Å². The molecule has 0 N–H and O–H groups in total. The van der Waals surface area contributed by atoms with Gasteiger partial charge in [0.1, 0.15) is 5.52 Å². The van der Waals surface area contributed by atoms with Gasteiger partial charge < -0.3 is 14.4 Å². The molecule has 0 radical (unpaired) electrons. The first-order valence-corrected chi connectivity index (χ1v) is 15.0. The van der Waals surface area contributed by atoms with Crippen molar-refractivity contribution in [2.45, 2.75) is 31.0 Å². The third-order valence-electron chi connectivity index (χ3n) is 11.4. The van der Waals surface area contributed by atoms with E-state index < -0.39 is 5.54 Å². The third kappa shape index (κ3) is 1.72. The minimum atomic E-state index is -0.435. The fraction of sp³-hybridized carbons (Fsp3) is 0.162. The summed E-state index contributed by atoms with van der Waals surface area (Å²) in [6.45, 7) is 4.82. The molecule has 0 fully saturated rings. The Kier molecular flexibility index (Phi) is 2.95. The van der Waals surface area contributed by atoms with Crippen LogP contribution in [0.5, 0.6) is 0 Å². The van der Waals surface area contributed by atoms with Crippen LogP contribution in [0.25, 0.3) is 55.1 Å². The summed E-state index contributed by atoms with van der Waals surface area (Å²) in [6, 6.07) is 30.2. The monoisotopic (exact) mass is 540 g/mol. The Morgan fingerprint density at radius 2 is 1.36 bits per heavy atom. The summed E-state index contributed by atoms with van der Waals surface area (Å²) in [4.78, 5) is 4.98. The van der Waals surface area contributed by atoms with E-state index in [1.54, 1.807) is 0 Å². The zero-order valence-corrected chi connectivity index (χ0v) is 23.6. The van der Waals surface area contributed by atoms with Crippen LogP contribution in [0.3, 0.4) is 0 Å². The molecule has 0 saturated carbocycles. The highest BCUT2D eigenvalue weighted by molar-refractivity contribution is 6.18. The summed E-state index contributed by atoms with van der Waals surface area (Å²) in [6.07, 6.45) is 7.02. The van der Waals surface area contributed by atoms with Gasteiger partial charge in [0.15, 0.2) is 11.7 Å². The molecule has 198 valence electrons. The van der Waals surface area contributed by atoms with Gasteiger partial charge in [-0.2, -0.15) is 4.57 Å². The number of para-hydroxylation sites is 2. The lowest BCUT2D eigenvalue weighted by atomic mass is 9.72.